The summed E-state index contributed by atoms with van der Waals surface area (Å²) in [5.41, 5.74) is 0.454. The molecule has 4 atom stereocenters. The third-order valence-corrected chi connectivity index (χ3v) is 6.91. The van der Waals surface area contributed by atoms with E-state index in [1.54, 1.807) is 24.0 Å². The van der Waals surface area contributed by atoms with Crippen molar-refractivity contribution in [2.45, 2.75) is 50.4 Å². The highest BCUT2D eigenvalue weighted by Crippen LogP contribution is 2.44. The molecule has 1 amide bonds. The molecule has 10 heteroatoms. The van der Waals surface area contributed by atoms with Crippen LogP contribution in [0.25, 0.3) is 5.57 Å². The molecule has 194 valence electrons. The molecule has 3 aromatic rings. The lowest BCUT2D eigenvalue weighted by Crippen LogP contribution is -2.39. The van der Waals surface area contributed by atoms with Crippen LogP contribution in [0, 0.1) is 5.82 Å². The maximum Gasteiger partial charge on any atom is 0.416 e. The molecule has 1 unspecified atom stereocenters. The lowest BCUT2D eigenvalue weighted by atomic mass is 9.85. The third kappa shape index (κ3) is 5.02. The normalized spacial score (nSPS) is 22.6. The van der Waals surface area contributed by atoms with Gasteiger partial charge in [0, 0.05) is 30.2 Å². The van der Waals surface area contributed by atoms with E-state index in [2.05, 4.69) is 4.98 Å². The topological polar surface area (TPSA) is 55.6 Å². The maximum atomic E-state index is 13.7. The number of fused-ring (bicyclic) bond motifs is 1. The van der Waals surface area contributed by atoms with Crippen LogP contribution in [-0.2, 0) is 22.4 Å². The molecule has 0 saturated carbocycles. The summed E-state index contributed by atoms with van der Waals surface area (Å²) >= 11 is 0. The molecule has 0 bridgehead atoms. The zero-order chi connectivity index (χ0) is 26.3. The minimum Gasteiger partial charge on any atom is -0.445 e. The standard InChI is InChI=1S/C27H23F5N2O3/c1-15(18-8-16(13-28)9-20(10-18)27(30,31)32)37-23-14-34-22(25(23)17-2-4-21(29)5-3-17)11-19(12-24(34)35)26-33-6-7-36-26/h2-10,12,15,22-23,25H,11,13-14H2,1H3/t15-,22+,23+,25?/m1/s1. The Bertz CT molecular complexity index is 1300. The fourth-order valence-corrected chi connectivity index (χ4v) is 5.21. The van der Waals surface area contributed by atoms with Crippen LogP contribution < -0.4 is 0 Å². The molecule has 1 aromatic heterocycles. The molecule has 1 fully saturated rings. The molecule has 3 heterocycles. The molecule has 1 saturated heterocycles. The summed E-state index contributed by atoms with van der Waals surface area (Å²) in [6.07, 6.45) is -1.35. The monoisotopic (exact) mass is 518 g/mol. The summed E-state index contributed by atoms with van der Waals surface area (Å²) < 4.78 is 79.0. The van der Waals surface area contributed by atoms with E-state index in [1.165, 1.54) is 36.7 Å². The Balaban J connectivity index is 1.47. The summed E-state index contributed by atoms with van der Waals surface area (Å²) in [7, 11) is 0. The molecule has 0 spiro atoms. The molecular formula is C27H23F5N2O3. The number of carbonyl (C=O) groups is 1. The number of amides is 1. The minimum atomic E-state index is -4.64. The summed E-state index contributed by atoms with van der Waals surface area (Å²) in [6, 6.07) is 8.57. The largest absolute Gasteiger partial charge is 0.445 e. The highest BCUT2D eigenvalue weighted by atomic mass is 19.4. The summed E-state index contributed by atoms with van der Waals surface area (Å²) in [5.74, 6) is -0.773. The van der Waals surface area contributed by atoms with Crippen molar-refractivity contribution in [3.63, 3.8) is 0 Å². The fourth-order valence-electron chi connectivity index (χ4n) is 5.21. The van der Waals surface area contributed by atoms with Gasteiger partial charge in [-0.1, -0.05) is 18.2 Å². The van der Waals surface area contributed by atoms with Crippen molar-refractivity contribution in [3.8, 4) is 0 Å². The number of ether oxygens (including phenoxy) is 1. The molecule has 0 N–H and O–H groups in total. The van der Waals surface area contributed by atoms with E-state index in [9.17, 15) is 26.7 Å². The van der Waals surface area contributed by atoms with Crippen LogP contribution in [0.4, 0.5) is 22.0 Å². The van der Waals surface area contributed by atoms with Crippen LogP contribution in [0.15, 0.2) is 65.4 Å². The van der Waals surface area contributed by atoms with Crippen molar-refractivity contribution in [1.82, 2.24) is 9.88 Å². The second kappa shape index (κ2) is 9.74. The number of rotatable bonds is 6. The number of alkyl halides is 4. The predicted molar refractivity (Wildman–Crippen MR) is 123 cm³/mol. The molecule has 2 aliphatic heterocycles. The Labute approximate surface area is 209 Å². The molecule has 0 aliphatic carbocycles. The number of oxazole rings is 1. The van der Waals surface area contributed by atoms with Gasteiger partial charge < -0.3 is 14.1 Å². The number of nitrogens with zero attached hydrogens (tertiary/aromatic N) is 2. The van der Waals surface area contributed by atoms with Gasteiger partial charge in [0.1, 0.15) is 18.8 Å². The van der Waals surface area contributed by atoms with Gasteiger partial charge >= 0.3 is 6.18 Å². The summed E-state index contributed by atoms with van der Waals surface area (Å²) in [4.78, 5) is 18.8. The number of hydrogen-bond donors (Lipinski definition) is 0. The molecule has 0 radical (unpaired) electrons. The van der Waals surface area contributed by atoms with E-state index in [1.807, 2.05) is 0 Å². The molecule has 2 aliphatic rings. The van der Waals surface area contributed by atoms with Gasteiger partial charge in [-0.3, -0.25) is 4.79 Å². The zero-order valence-electron chi connectivity index (χ0n) is 19.7. The SMILES string of the molecule is C[C@@H](O[C@H]1CN2C(=O)C=C(c3ncco3)C[C@H]2C1c1ccc(F)cc1)c1cc(CF)cc(C(F)(F)F)c1. The van der Waals surface area contributed by atoms with Gasteiger partial charge in [-0.25, -0.2) is 13.8 Å². The Hall–Kier alpha value is -3.53. The van der Waals surface area contributed by atoms with Crippen molar-refractivity contribution >= 4 is 11.5 Å². The second-order valence-corrected chi connectivity index (χ2v) is 9.26. The van der Waals surface area contributed by atoms with Crippen LogP contribution in [0.1, 0.15) is 53.5 Å². The Morgan fingerprint density at radius 2 is 1.95 bits per heavy atom. The Kier molecular flexibility index (Phi) is 6.61. The highest BCUT2D eigenvalue weighted by molar-refractivity contribution is 5.97. The van der Waals surface area contributed by atoms with Gasteiger partial charge in [0.2, 0.25) is 11.8 Å². The zero-order valence-corrected chi connectivity index (χ0v) is 19.7. The lowest BCUT2D eigenvalue weighted by molar-refractivity contribution is -0.137. The van der Waals surface area contributed by atoms with Gasteiger partial charge in [-0.2, -0.15) is 13.2 Å². The van der Waals surface area contributed by atoms with E-state index in [-0.39, 0.29) is 29.6 Å². The molecule has 5 rings (SSSR count). The van der Waals surface area contributed by atoms with Crippen molar-refractivity contribution in [2.24, 2.45) is 0 Å². The fraction of sp³-hybridized carbons (Fsp3) is 0.333. The first kappa shape index (κ1) is 25.1. The van der Waals surface area contributed by atoms with Crippen molar-refractivity contribution in [2.75, 3.05) is 6.54 Å². The number of carbonyl (C=O) groups excluding carboxylic acids is 1. The molecule has 37 heavy (non-hydrogen) atoms. The van der Waals surface area contributed by atoms with E-state index < -0.39 is 42.4 Å². The number of benzene rings is 2. The number of aromatic nitrogens is 1. The lowest BCUT2D eigenvalue weighted by Gasteiger charge is -2.32. The number of hydrogen-bond acceptors (Lipinski definition) is 4. The van der Waals surface area contributed by atoms with E-state index in [0.717, 1.165) is 17.7 Å². The van der Waals surface area contributed by atoms with Crippen LogP contribution in [0.2, 0.25) is 0 Å². The minimum absolute atomic E-state index is 0.103. The average molecular weight is 518 g/mol. The molecule has 2 aromatic carbocycles. The van der Waals surface area contributed by atoms with Crippen molar-refractivity contribution in [3.05, 3.63) is 95.0 Å². The summed E-state index contributed by atoms with van der Waals surface area (Å²) in [5, 5.41) is 0. The van der Waals surface area contributed by atoms with Gasteiger partial charge in [0.25, 0.3) is 0 Å². The van der Waals surface area contributed by atoms with Crippen LogP contribution >= 0.6 is 0 Å². The second-order valence-electron chi connectivity index (χ2n) is 9.26. The van der Waals surface area contributed by atoms with Gasteiger partial charge in [0.05, 0.1) is 24.0 Å². The van der Waals surface area contributed by atoms with Gasteiger partial charge in [-0.15, -0.1) is 0 Å². The average Bonchev–Trinajstić information content (AvgIpc) is 3.52. The van der Waals surface area contributed by atoms with Crippen LogP contribution in [-0.4, -0.2) is 34.5 Å². The highest BCUT2D eigenvalue weighted by Gasteiger charge is 2.48. The molecule has 5 nitrogen and oxygen atoms in total. The van der Waals surface area contributed by atoms with Gasteiger partial charge in [-0.05, 0) is 54.3 Å². The first-order valence-corrected chi connectivity index (χ1v) is 11.7. The van der Waals surface area contributed by atoms with Crippen LogP contribution in [0.3, 0.4) is 0 Å². The summed E-state index contributed by atoms with van der Waals surface area (Å²) in [6.45, 7) is 0.722. The van der Waals surface area contributed by atoms with Crippen molar-refractivity contribution in [1.29, 1.82) is 0 Å². The van der Waals surface area contributed by atoms with Gasteiger partial charge in [0.15, 0.2) is 0 Å². The third-order valence-electron chi connectivity index (χ3n) is 6.91. The van der Waals surface area contributed by atoms with E-state index in [0.29, 0.717) is 17.9 Å². The maximum absolute atomic E-state index is 13.7. The first-order valence-electron chi connectivity index (χ1n) is 11.7. The smallest absolute Gasteiger partial charge is 0.416 e. The van der Waals surface area contributed by atoms with E-state index in [4.69, 9.17) is 9.15 Å². The van der Waals surface area contributed by atoms with E-state index >= 15 is 0 Å². The number of halogens is 5. The Morgan fingerprint density at radius 1 is 1.19 bits per heavy atom. The molecular weight excluding hydrogens is 495 g/mol. The first-order chi connectivity index (χ1) is 17.6. The Morgan fingerprint density at radius 3 is 2.59 bits per heavy atom. The predicted octanol–water partition coefficient (Wildman–Crippen LogP) is 6.23. The van der Waals surface area contributed by atoms with Crippen LogP contribution in [0.5, 0.6) is 0 Å². The quantitative estimate of drug-likeness (QED) is 0.363. The van der Waals surface area contributed by atoms with Crippen molar-refractivity contribution < 1.29 is 35.9 Å².